The van der Waals surface area contributed by atoms with Gasteiger partial charge in [0.1, 0.15) is 28.5 Å². The molecule has 5 rings (SSSR count). The molecule has 2 aromatic heterocycles. The Morgan fingerprint density at radius 2 is 1.55 bits per heavy atom. The lowest BCUT2D eigenvalue weighted by atomic mass is 10.0. The molecule has 0 saturated carbocycles. The maximum absolute atomic E-state index is 13.1. The summed E-state index contributed by atoms with van der Waals surface area (Å²) in [5.74, 6) is 2.35. The third kappa shape index (κ3) is 5.14. The molecule has 0 aliphatic rings. The largest absolute Gasteiger partial charge is 0.495 e. The van der Waals surface area contributed by atoms with Crippen molar-refractivity contribution in [1.29, 1.82) is 0 Å². The van der Waals surface area contributed by atoms with E-state index in [1.54, 1.807) is 45.6 Å². The first kappa shape index (κ1) is 26.6. The Balaban J connectivity index is 1.42. The molecule has 0 aliphatic carbocycles. The quantitative estimate of drug-likeness (QED) is 0.241. The molecule has 0 radical (unpaired) electrons. The molecule has 40 heavy (non-hydrogen) atoms. The number of methoxy groups -OCH3 is 4. The van der Waals surface area contributed by atoms with Crippen LogP contribution in [0, 0.1) is 0 Å². The van der Waals surface area contributed by atoms with E-state index in [-0.39, 0.29) is 5.91 Å². The summed E-state index contributed by atoms with van der Waals surface area (Å²) in [6.07, 6.45) is 0.344. The van der Waals surface area contributed by atoms with Crippen molar-refractivity contribution >= 4 is 22.6 Å². The number of rotatable bonds is 10. The average molecular weight is 545 g/mol. The molecule has 5 N–H and O–H groups in total. The molecule has 2 heterocycles. The van der Waals surface area contributed by atoms with Crippen molar-refractivity contribution in [3.05, 3.63) is 66.4 Å². The molecule has 0 bridgehead atoms. The highest BCUT2D eigenvalue weighted by Gasteiger charge is 2.23. The standard InChI is InChI=1S/C29H29N5O6/c1-36-23-10-9-17(26-27(33-34-32-26)18-13-24(37-2)28(39-4)25(14-18)38-3)12-21(23)31-29(35)20(30)15-19-11-16-7-5-6-8-22(16)40-19/h5-14,20H,15,30H2,1-4H3,(H,31,35)(H,32,33,34)/p+1. The van der Waals surface area contributed by atoms with E-state index in [0.717, 1.165) is 11.0 Å². The summed E-state index contributed by atoms with van der Waals surface area (Å²) < 4.78 is 27.8. The maximum atomic E-state index is 13.1. The highest BCUT2D eigenvalue weighted by Crippen LogP contribution is 2.42. The molecule has 1 amide bonds. The van der Waals surface area contributed by atoms with E-state index in [4.69, 9.17) is 23.4 Å². The monoisotopic (exact) mass is 544 g/mol. The molecule has 0 aliphatic heterocycles. The Morgan fingerprint density at radius 1 is 0.875 bits per heavy atom. The number of benzene rings is 3. The first-order valence-electron chi connectivity index (χ1n) is 12.5. The van der Waals surface area contributed by atoms with Gasteiger partial charge in [-0.25, -0.2) is 0 Å². The van der Waals surface area contributed by atoms with Gasteiger partial charge in [-0.05, 0) is 42.5 Å². The van der Waals surface area contributed by atoms with Crippen LogP contribution >= 0.6 is 0 Å². The number of aromatic amines is 1. The van der Waals surface area contributed by atoms with E-state index in [2.05, 4.69) is 26.5 Å². The summed E-state index contributed by atoms with van der Waals surface area (Å²) in [4.78, 5) is 13.1. The molecule has 11 nitrogen and oxygen atoms in total. The minimum absolute atomic E-state index is 0.277. The topological polar surface area (TPSA) is 148 Å². The minimum atomic E-state index is -0.601. The number of amides is 1. The van der Waals surface area contributed by atoms with E-state index >= 15 is 0 Å². The number of hydrogen-bond donors (Lipinski definition) is 3. The highest BCUT2D eigenvalue weighted by atomic mass is 16.5. The third-order valence-corrected chi connectivity index (χ3v) is 6.51. The van der Waals surface area contributed by atoms with Gasteiger partial charge in [-0.2, -0.15) is 15.4 Å². The second-order valence-corrected chi connectivity index (χ2v) is 8.99. The van der Waals surface area contributed by atoms with Gasteiger partial charge in [-0.3, -0.25) is 4.79 Å². The summed E-state index contributed by atoms with van der Waals surface area (Å²) in [5.41, 5.74) is 7.81. The van der Waals surface area contributed by atoms with Gasteiger partial charge in [-0.1, -0.05) is 18.2 Å². The van der Waals surface area contributed by atoms with Crippen LogP contribution in [0.25, 0.3) is 33.5 Å². The third-order valence-electron chi connectivity index (χ3n) is 6.51. The number of aromatic nitrogens is 3. The number of carbonyl (C=O) groups excluding carboxylic acids is 1. The second-order valence-electron chi connectivity index (χ2n) is 8.99. The Morgan fingerprint density at radius 3 is 2.20 bits per heavy atom. The van der Waals surface area contributed by atoms with Crippen LogP contribution in [0.5, 0.6) is 23.0 Å². The van der Waals surface area contributed by atoms with Crippen LogP contribution in [-0.2, 0) is 11.2 Å². The van der Waals surface area contributed by atoms with Crippen LogP contribution in [0.3, 0.4) is 0 Å². The Labute approximate surface area is 230 Å². The Kier molecular flexibility index (Phi) is 7.56. The summed E-state index contributed by atoms with van der Waals surface area (Å²) >= 11 is 0. The van der Waals surface area contributed by atoms with E-state index < -0.39 is 6.04 Å². The molecular formula is C29H30N5O6+. The number of nitrogens with zero attached hydrogens (tertiary/aromatic N) is 2. The van der Waals surface area contributed by atoms with E-state index in [9.17, 15) is 4.79 Å². The summed E-state index contributed by atoms with van der Waals surface area (Å²) in [7, 11) is 6.18. The number of H-pyrrole nitrogens is 1. The van der Waals surface area contributed by atoms with Crippen molar-refractivity contribution in [2.45, 2.75) is 12.5 Å². The molecule has 11 heteroatoms. The number of furan rings is 1. The number of carbonyl (C=O) groups is 1. The SMILES string of the molecule is COc1ccc(-c2n[nH]nc2-c2cc(OC)c(OC)c(OC)c2)cc1NC(=O)C([NH3+])Cc1cc2ccccc2o1. The number of fused-ring (bicyclic) bond motifs is 1. The van der Waals surface area contributed by atoms with Gasteiger partial charge in [0.05, 0.1) is 40.5 Å². The number of hydrogen-bond acceptors (Lipinski definition) is 8. The number of quaternary nitrogens is 1. The zero-order chi connectivity index (χ0) is 28.2. The molecule has 206 valence electrons. The molecular weight excluding hydrogens is 514 g/mol. The maximum Gasteiger partial charge on any atom is 0.283 e. The Bertz CT molecular complexity index is 1600. The highest BCUT2D eigenvalue weighted by molar-refractivity contribution is 5.96. The van der Waals surface area contributed by atoms with Crippen LogP contribution < -0.4 is 30.0 Å². The molecule has 5 aromatic rings. The lowest BCUT2D eigenvalue weighted by Crippen LogP contribution is -2.67. The zero-order valence-electron chi connectivity index (χ0n) is 22.6. The van der Waals surface area contributed by atoms with Crippen molar-refractivity contribution < 1.29 is 33.9 Å². The van der Waals surface area contributed by atoms with E-state index in [1.807, 2.05) is 36.4 Å². The molecule has 0 spiro atoms. The van der Waals surface area contributed by atoms with Gasteiger partial charge < -0.3 is 34.4 Å². The number of nitrogens with one attached hydrogen (secondary N) is 2. The van der Waals surface area contributed by atoms with Gasteiger partial charge in [-0.15, -0.1) is 0 Å². The van der Waals surface area contributed by atoms with Gasteiger partial charge >= 0.3 is 0 Å². The smallest absolute Gasteiger partial charge is 0.283 e. The van der Waals surface area contributed by atoms with E-state index in [0.29, 0.717) is 63.4 Å². The van der Waals surface area contributed by atoms with Crippen molar-refractivity contribution in [3.63, 3.8) is 0 Å². The predicted octanol–water partition coefficient (Wildman–Crippen LogP) is 3.71. The fraction of sp³-hybridized carbons (Fsp3) is 0.207. The second kappa shape index (κ2) is 11.4. The fourth-order valence-electron chi connectivity index (χ4n) is 4.51. The lowest BCUT2D eigenvalue weighted by Gasteiger charge is -2.15. The van der Waals surface area contributed by atoms with Crippen molar-refractivity contribution in [3.8, 4) is 45.5 Å². The van der Waals surface area contributed by atoms with Crippen LogP contribution in [0.1, 0.15) is 5.76 Å². The van der Waals surface area contributed by atoms with Gasteiger partial charge in [0.25, 0.3) is 5.91 Å². The normalized spacial score (nSPS) is 11.7. The van der Waals surface area contributed by atoms with Gasteiger partial charge in [0.15, 0.2) is 17.5 Å². The Hall–Kier alpha value is -5.03. The number of para-hydroxylation sites is 1. The van der Waals surface area contributed by atoms with E-state index in [1.165, 1.54) is 7.11 Å². The molecule has 0 fully saturated rings. The molecule has 3 aromatic carbocycles. The van der Waals surface area contributed by atoms with Crippen molar-refractivity contribution in [1.82, 2.24) is 15.4 Å². The average Bonchev–Trinajstić information content (AvgIpc) is 3.63. The van der Waals surface area contributed by atoms with Crippen LogP contribution in [-0.4, -0.2) is 55.8 Å². The van der Waals surface area contributed by atoms with Gasteiger partial charge in [0, 0.05) is 16.5 Å². The molecule has 1 unspecified atom stereocenters. The first-order chi connectivity index (χ1) is 19.4. The zero-order valence-corrected chi connectivity index (χ0v) is 22.6. The van der Waals surface area contributed by atoms with Gasteiger partial charge in [0.2, 0.25) is 5.75 Å². The molecule has 0 saturated heterocycles. The van der Waals surface area contributed by atoms with Crippen LogP contribution in [0.4, 0.5) is 5.69 Å². The summed E-state index contributed by atoms with van der Waals surface area (Å²) in [6, 6.07) is 18.0. The van der Waals surface area contributed by atoms with Crippen molar-refractivity contribution in [2.75, 3.05) is 33.8 Å². The molecule has 1 atom stereocenters. The predicted molar refractivity (Wildman–Crippen MR) is 149 cm³/mol. The van der Waals surface area contributed by atoms with Crippen LogP contribution in [0.15, 0.2) is 65.1 Å². The van der Waals surface area contributed by atoms with Crippen molar-refractivity contribution in [2.24, 2.45) is 0 Å². The minimum Gasteiger partial charge on any atom is -0.495 e. The number of ether oxygens (including phenoxy) is 4. The fourth-order valence-corrected chi connectivity index (χ4v) is 4.51. The summed E-state index contributed by atoms with van der Waals surface area (Å²) in [6.45, 7) is 0. The first-order valence-corrected chi connectivity index (χ1v) is 12.5. The summed E-state index contributed by atoms with van der Waals surface area (Å²) in [5, 5.41) is 15.4. The van der Waals surface area contributed by atoms with Crippen LogP contribution in [0.2, 0.25) is 0 Å². The number of anilines is 1. The lowest BCUT2D eigenvalue weighted by molar-refractivity contribution is -0.402.